The van der Waals surface area contributed by atoms with Crippen molar-refractivity contribution in [2.24, 2.45) is 5.41 Å². The SMILES string of the molecule is CC.CNCc1cc(F)cc(-c2cccc3[nH]c(-c4[nH]nc5ncc(-c6cncc(NC(=O)C(C)(C)C)c6)cc45)nc23)c1.O=C=O. The van der Waals surface area contributed by atoms with Crippen LogP contribution in [0, 0.1) is 11.2 Å². The number of H-pyrrole nitrogens is 2. The maximum absolute atomic E-state index is 14.5. The minimum absolute atomic E-state index is 0.0945. The van der Waals surface area contributed by atoms with Gasteiger partial charge in [-0.1, -0.05) is 46.8 Å². The van der Waals surface area contributed by atoms with E-state index in [9.17, 15) is 9.18 Å². The van der Waals surface area contributed by atoms with Crippen molar-refractivity contribution in [2.45, 2.75) is 41.2 Å². The fourth-order valence-electron chi connectivity index (χ4n) is 4.72. The number of imidazole rings is 1. The molecule has 0 fully saturated rings. The van der Waals surface area contributed by atoms with Crippen LogP contribution in [0.1, 0.15) is 40.2 Å². The maximum Gasteiger partial charge on any atom is 0.373 e. The number of pyridine rings is 2. The van der Waals surface area contributed by atoms with Crippen molar-refractivity contribution in [3.63, 3.8) is 0 Å². The van der Waals surface area contributed by atoms with Gasteiger partial charge in [0, 0.05) is 41.0 Å². The Bertz CT molecular complexity index is 2020. The Morgan fingerprint density at radius 3 is 2.43 bits per heavy atom. The van der Waals surface area contributed by atoms with Gasteiger partial charge in [0.25, 0.3) is 0 Å². The average Bonchev–Trinajstić information content (AvgIpc) is 3.66. The number of para-hydroxylation sites is 1. The van der Waals surface area contributed by atoms with Crippen LogP contribution in [0.4, 0.5) is 10.1 Å². The standard InChI is InChI=1S/C31H29FN8O.C2H6.CO2/c1-31(2,3)30(41)36-22-11-19(14-34-16-22)20-12-24-27(39-40-28(24)35-15-20)29-37-25-7-5-6-23(26(25)38-29)18-8-17(13-33-4)9-21(32)10-18;1-2;2-1-3/h5-12,14-16,33H,13H2,1-4H3,(H,36,41)(H,37,38)(H,35,39,40);1-2H3;. The highest BCUT2D eigenvalue weighted by Gasteiger charge is 2.22. The zero-order valence-corrected chi connectivity index (χ0v) is 26.4. The number of benzene rings is 2. The van der Waals surface area contributed by atoms with Gasteiger partial charge in [0.2, 0.25) is 5.91 Å². The van der Waals surface area contributed by atoms with Crippen LogP contribution < -0.4 is 10.6 Å². The Hall–Kier alpha value is -5.58. The van der Waals surface area contributed by atoms with E-state index in [-0.39, 0.29) is 17.9 Å². The number of anilines is 1. The second kappa shape index (κ2) is 14.5. The van der Waals surface area contributed by atoms with E-state index in [0.717, 1.165) is 44.2 Å². The molecule has 0 unspecified atom stereocenters. The molecule has 46 heavy (non-hydrogen) atoms. The summed E-state index contributed by atoms with van der Waals surface area (Å²) in [7, 11) is 1.83. The molecular formula is C34H35FN8O3. The van der Waals surface area contributed by atoms with E-state index < -0.39 is 5.41 Å². The Morgan fingerprint density at radius 1 is 0.978 bits per heavy atom. The van der Waals surface area contributed by atoms with Crippen LogP contribution in [0.5, 0.6) is 0 Å². The minimum Gasteiger partial charge on any atom is -0.337 e. The zero-order chi connectivity index (χ0) is 33.4. The third-order valence-electron chi connectivity index (χ3n) is 6.82. The Balaban J connectivity index is 0.000000908. The molecule has 0 aliphatic rings. The monoisotopic (exact) mass is 622 g/mol. The number of aromatic amines is 2. The van der Waals surface area contributed by atoms with Gasteiger partial charge in [0.15, 0.2) is 11.5 Å². The molecule has 4 N–H and O–H groups in total. The molecule has 4 aromatic heterocycles. The molecule has 0 saturated heterocycles. The number of hydrogen-bond acceptors (Lipinski definition) is 8. The molecule has 4 heterocycles. The third-order valence-corrected chi connectivity index (χ3v) is 6.82. The number of rotatable bonds is 6. The van der Waals surface area contributed by atoms with E-state index in [4.69, 9.17) is 14.6 Å². The lowest BCUT2D eigenvalue weighted by molar-refractivity contribution is -0.191. The lowest BCUT2D eigenvalue weighted by Gasteiger charge is -2.17. The summed E-state index contributed by atoms with van der Waals surface area (Å²) >= 11 is 0. The number of carbonyl (C=O) groups excluding carboxylic acids is 3. The van der Waals surface area contributed by atoms with Gasteiger partial charge in [-0.3, -0.25) is 14.9 Å². The summed E-state index contributed by atoms with van der Waals surface area (Å²) in [6, 6.07) is 14.7. The topological polar surface area (TPSA) is 158 Å². The Labute approximate surface area is 265 Å². The van der Waals surface area contributed by atoms with E-state index in [1.54, 1.807) is 18.6 Å². The molecule has 0 aliphatic heterocycles. The minimum atomic E-state index is -0.529. The van der Waals surface area contributed by atoms with E-state index in [1.807, 2.05) is 78.1 Å². The first-order chi connectivity index (χ1) is 22.1. The zero-order valence-electron chi connectivity index (χ0n) is 26.4. The van der Waals surface area contributed by atoms with E-state index in [0.29, 0.717) is 29.4 Å². The van der Waals surface area contributed by atoms with E-state index >= 15 is 0 Å². The lowest BCUT2D eigenvalue weighted by atomic mass is 9.95. The third kappa shape index (κ3) is 7.37. The molecule has 6 rings (SSSR count). The van der Waals surface area contributed by atoms with Crippen LogP contribution in [0.3, 0.4) is 0 Å². The van der Waals surface area contributed by atoms with Gasteiger partial charge in [0.1, 0.15) is 11.5 Å². The predicted octanol–water partition coefficient (Wildman–Crippen LogP) is 6.52. The van der Waals surface area contributed by atoms with Gasteiger partial charge in [-0.25, -0.2) is 14.4 Å². The summed E-state index contributed by atoms with van der Waals surface area (Å²) in [5, 5.41) is 14.2. The number of halogens is 1. The fourth-order valence-corrected chi connectivity index (χ4v) is 4.72. The average molecular weight is 623 g/mol. The highest BCUT2D eigenvalue weighted by atomic mass is 19.1. The Kier molecular flexibility index (Phi) is 10.5. The van der Waals surface area contributed by atoms with Gasteiger partial charge < -0.3 is 15.6 Å². The van der Waals surface area contributed by atoms with Crippen molar-refractivity contribution < 1.29 is 18.8 Å². The molecular weight excluding hydrogens is 587 g/mol. The van der Waals surface area contributed by atoms with Crippen LogP contribution in [0.25, 0.3) is 55.8 Å². The van der Waals surface area contributed by atoms with Crippen molar-refractivity contribution in [3.8, 4) is 33.8 Å². The maximum atomic E-state index is 14.5. The number of aromatic nitrogens is 6. The summed E-state index contributed by atoms with van der Waals surface area (Å²) in [4.78, 5) is 45.9. The molecule has 12 heteroatoms. The quantitative estimate of drug-likeness (QED) is 0.164. The molecule has 2 aromatic carbocycles. The summed E-state index contributed by atoms with van der Waals surface area (Å²) in [6.45, 7) is 10.1. The van der Waals surface area contributed by atoms with Gasteiger partial charge in [-0.15, -0.1) is 0 Å². The number of fused-ring (bicyclic) bond motifs is 2. The molecule has 0 spiro atoms. The molecule has 0 atom stereocenters. The summed E-state index contributed by atoms with van der Waals surface area (Å²) < 4.78 is 14.5. The first kappa shape index (κ1) is 33.3. The summed E-state index contributed by atoms with van der Waals surface area (Å²) in [6.07, 6.45) is 5.32. The molecule has 0 saturated carbocycles. The largest absolute Gasteiger partial charge is 0.373 e. The van der Waals surface area contributed by atoms with Crippen molar-refractivity contribution >= 4 is 39.8 Å². The lowest BCUT2D eigenvalue weighted by Crippen LogP contribution is -2.27. The van der Waals surface area contributed by atoms with Crippen LogP contribution in [-0.4, -0.2) is 49.2 Å². The highest BCUT2D eigenvalue weighted by Crippen LogP contribution is 2.33. The number of amides is 1. The van der Waals surface area contributed by atoms with Crippen LogP contribution in [-0.2, 0) is 20.9 Å². The second-order valence-electron chi connectivity index (χ2n) is 11.1. The predicted molar refractivity (Wildman–Crippen MR) is 175 cm³/mol. The first-order valence-electron chi connectivity index (χ1n) is 14.6. The van der Waals surface area contributed by atoms with Crippen molar-refractivity contribution in [3.05, 3.63) is 78.5 Å². The van der Waals surface area contributed by atoms with Crippen LogP contribution in [0.2, 0.25) is 0 Å². The van der Waals surface area contributed by atoms with Crippen LogP contribution in [0.15, 0.2) is 67.1 Å². The van der Waals surface area contributed by atoms with Gasteiger partial charge in [-0.2, -0.15) is 14.7 Å². The summed E-state index contributed by atoms with van der Waals surface area (Å²) in [5.41, 5.74) is 6.87. The number of nitrogens with zero attached hydrogens (tertiary/aromatic N) is 4. The molecule has 0 radical (unpaired) electrons. The molecule has 0 aliphatic carbocycles. The molecule has 0 bridgehead atoms. The molecule has 236 valence electrons. The normalized spacial score (nSPS) is 10.8. The molecule has 11 nitrogen and oxygen atoms in total. The highest BCUT2D eigenvalue weighted by molar-refractivity contribution is 5.98. The van der Waals surface area contributed by atoms with E-state index in [1.165, 1.54) is 12.1 Å². The number of nitrogens with one attached hydrogen (secondary N) is 4. The van der Waals surface area contributed by atoms with Crippen molar-refractivity contribution in [2.75, 3.05) is 12.4 Å². The Morgan fingerprint density at radius 2 is 1.72 bits per heavy atom. The first-order valence-corrected chi connectivity index (χ1v) is 14.6. The molecule has 1 amide bonds. The number of hydrogen-bond donors (Lipinski definition) is 4. The van der Waals surface area contributed by atoms with Crippen LogP contribution >= 0.6 is 0 Å². The van der Waals surface area contributed by atoms with Crippen molar-refractivity contribution in [1.29, 1.82) is 0 Å². The number of carbonyl (C=O) groups is 1. The van der Waals surface area contributed by atoms with Gasteiger partial charge in [-0.05, 0) is 54.6 Å². The molecule has 6 aromatic rings. The van der Waals surface area contributed by atoms with Gasteiger partial charge in [0.05, 0.1) is 28.3 Å². The fraction of sp³-hybridized carbons (Fsp3) is 0.235. The smallest absolute Gasteiger partial charge is 0.337 e. The second-order valence-corrected chi connectivity index (χ2v) is 11.1. The van der Waals surface area contributed by atoms with E-state index in [2.05, 4.69) is 35.8 Å². The summed E-state index contributed by atoms with van der Waals surface area (Å²) in [5.74, 6) is 0.197. The van der Waals surface area contributed by atoms with Crippen molar-refractivity contribution in [1.82, 2.24) is 35.5 Å². The van der Waals surface area contributed by atoms with Gasteiger partial charge >= 0.3 is 6.15 Å².